The highest BCUT2D eigenvalue weighted by atomic mass is 14.9. The molecule has 0 aliphatic carbocycles. The fourth-order valence-electron chi connectivity index (χ4n) is 4.50. The van der Waals surface area contributed by atoms with E-state index in [9.17, 15) is 0 Å². The van der Waals surface area contributed by atoms with Gasteiger partial charge in [-0.3, -0.25) is 0 Å². The molecule has 2 N–H and O–H groups in total. The molecule has 162 valence electrons. The SMILES string of the molecule is c1ccc(-c2ccccc2Nc2ccc3ccccc3c2)c(Nc2ccc3ccccc3c2)c1. The van der Waals surface area contributed by atoms with Gasteiger partial charge in [0.1, 0.15) is 0 Å². The van der Waals surface area contributed by atoms with Gasteiger partial charge in [0.05, 0.1) is 0 Å². The standard InChI is InChI=1S/C32H24N2/c1-3-11-25-21-27(19-17-23(25)9-1)33-31-15-7-5-13-29(31)30-14-6-8-16-32(30)34-28-20-18-24-10-2-4-12-26(24)22-28/h1-22,33-34H. The number of anilines is 4. The lowest BCUT2D eigenvalue weighted by Gasteiger charge is -2.17. The summed E-state index contributed by atoms with van der Waals surface area (Å²) >= 11 is 0. The maximum absolute atomic E-state index is 3.65. The fourth-order valence-corrected chi connectivity index (χ4v) is 4.50. The van der Waals surface area contributed by atoms with Gasteiger partial charge >= 0.3 is 0 Å². The quantitative estimate of drug-likeness (QED) is 0.281. The van der Waals surface area contributed by atoms with Gasteiger partial charge in [-0.05, 0) is 57.9 Å². The number of nitrogens with one attached hydrogen (secondary N) is 2. The number of hydrogen-bond donors (Lipinski definition) is 2. The molecule has 0 heterocycles. The van der Waals surface area contributed by atoms with E-state index in [1.165, 1.54) is 21.5 Å². The van der Waals surface area contributed by atoms with Gasteiger partial charge in [-0.1, -0.05) is 97.1 Å². The maximum atomic E-state index is 3.65. The van der Waals surface area contributed by atoms with Crippen molar-refractivity contribution in [1.29, 1.82) is 0 Å². The van der Waals surface area contributed by atoms with Crippen molar-refractivity contribution in [2.75, 3.05) is 10.6 Å². The summed E-state index contributed by atoms with van der Waals surface area (Å²) in [5.74, 6) is 0. The second-order valence-electron chi connectivity index (χ2n) is 8.47. The molecular weight excluding hydrogens is 412 g/mol. The van der Waals surface area contributed by atoms with Gasteiger partial charge in [0.2, 0.25) is 0 Å². The summed E-state index contributed by atoms with van der Waals surface area (Å²) in [5.41, 5.74) is 6.60. The monoisotopic (exact) mass is 436 g/mol. The van der Waals surface area contributed by atoms with Crippen LogP contribution in [0.1, 0.15) is 0 Å². The van der Waals surface area contributed by atoms with Crippen molar-refractivity contribution in [3.63, 3.8) is 0 Å². The summed E-state index contributed by atoms with van der Waals surface area (Å²) in [5, 5.41) is 12.2. The molecule has 0 bridgehead atoms. The minimum atomic E-state index is 1.07. The highest BCUT2D eigenvalue weighted by molar-refractivity contribution is 5.92. The van der Waals surface area contributed by atoms with Gasteiger partial charge in [-0.25, -0.2) is 0 Å². The van der Waals surface area contributed by atoms with E-state index < -0.39 is 0 Å². The normalized spacial score (nSPS) is 10.9. The van der Waals surface area contributed by atoms with Crippen molar-refractivity contribution < 1.29 is 0 Å². The van der Waals surface area contributed by atoms with Gasteiger partial charge < -0.3 is 10.6 Å². The summed E-state index contributed by atoms with van der Waals surface area (Å²) in [6.45, 7) is 0. The van der Waals surface area contributed by atoms with Gasteiger partial charge in [0.15, 0.2) is 0 Å². The molecule has 0 amide bonds. The fraction of sp³-hybridized carbons (Fsp3) is 0. The first-order valence-electron chi connectivity index (χ1n) is 11.5. The molecule has 0 atom stereocenters. The minimum Gasteiger partial charge on any atom is -0.355 e. The van der Waals surface area contributed by atoms with Crippen molar-refractivity contribution in [2.24, 2.45) is 0 Å². The van der Waals surface area contributed by atoms with Gasteiger partial charge in [0.25, 0.3) is 0 Å². The van der Waals surface area contributed by atoms with Gasteiger partial charge in [-0.15, -0.1) is 0 Å². The van der Waals surface area contributed by atoms with Crippen LogP contribution in [-0.2, 0) is 0 Å². The lowest BCUT2D eigenvalue weighted by molar-refractivity contribution is 1.52. The number of rotatable bonds is 5. The summed E-state index contributed by atoms with van der Waals surface area (Å²) in [6, 6.07) is 46.8. The molecule has 0 saturated heterocycles. The Hall–Kier alpha value is -4.56. The van der Waals surface area contributed by atoms with Crippen molar-refractivity contribution in [3.8, 4) is 11.1 Å². The molecule has 0 aliphatic heterocycles. The van der Waals surface area contributed by atoms with Crippen LogP contribution in [0.4, 0.5) is 22.7 Å². The van der Waals surface area contributed by atoms with Crippen molar-refractivity contribution in [1.82, 2.24) is 0 Å². The molecule has 0 spiro atoms. The van der Waals surface area contributed by atoms with Gasteiger partial charge in [0, 0.05) is 33.9 Å². The molecule has 6 aromatic rings. The molecule has 0 radical (unpaired) electrons. The highest BCUT2D eigenvalue weighted by Gasteiger charge is 2.10. The number of hydrogen-bond acceptors (Lipinski definition) is 2. The molecule has 6 aromatic carbocycles. The van der Waals surface area contributed by atoms with Crippen LogP contribution in [0.15, 0.2) is 133 Å². The largest absolute Gasteiger partial charge is 0.355 e. The van der Waals surface area contributed by atoms with E-state index in [4.69, 9.17) is 0 Å². The molecule has 6 rings (SSSR count). The third-order valence-corrected chi connectivity index (χ3v) is 6.20. The Bertz CT molecular complexity index is 1490. The van der Waals surface area contributed by atoms with Gasteiger partial charge in [-0.2, -0.15) is 0 Å². The zero-order valence-electron chi connectivity index (χ0n) is 18.7. The maximum Gasteiger partial charge on any atom is 0.0464 e. The predicted molar refractivity (Wildman–Crippen MR) is 146 cm³/mol. The Kier molecular flexibility index (Phi) is 5.17. The Morgan fingerprint density at radius 2 is 0.706 bits per heavy atom. The molecule has 34 heavy (non-hydrogen) atoms. The van der Waals surface area contributed by atoms with E-state index in [0.29, 0.717) is 0 Å². The molecule has 0 fully saturated rings. The van der Waals surface area contributed by atoms with Crippen LogP contribution in [0.3, 0.4) is 0 Å². The topological polar surface area (TPSA) is 24.1 Å². The van der Waals surface area contributed by atoms with Crippen LogP contribution in [-0.4, -0.2) is 0 Å². The Morgan fingerprint density at radius 1 is 0.324 bits per heavy atom. The first-order chi connectivity index (χ1) is 16.8. The van der Waals surface area contributed by atoms with Crippen molar-refractivity contribution in [3.05, 3.63) is 133 Å². The summed E-state index contributed by atoms with van der Waals surface area (Å²) in [6.07, 6.45) is 0. The number of para-hydroxylation sites is 2. The van der Waals surface area contributed by atoms with E-state index in [0.717, 1.165) is 33.9 Å². The Morgan fingerprint density at radius 3 is 1.18 bits per heavy atom. The average molecular weight is 437 g/mol. The van der Waals surface area contributed by atoms with E-state index in [1.807, 2.05) is 0 Å². The molecule has 0 aromatic heterocycles. The highest BCUT2D eigenvalue weighted by Crippen LogP contribution is 2.37. The second-order valence-corrected chi connectivity index (χ2v) is 8.47. The summed E-state index contributed by atoms with van der Waals surface area (Å²) in [4.78, 5) is 0. The summed E-state index contributed by atoms with van der Waals surface area (Å²) in [7, 11) is 0. The van der Waals surface area contributed by atoms with Crippen LogP contribution in [0.2, 0.25) is 0 Å². The predicted octanol–water partition coefficient (Wildman–Crippen LogP) is 9.15. The van der Waals surface area contributed by atoms with E-state index in [2.05, 4.69) is 144 Å². The first-order valence-corrected chi connectivity index (χ1v) is 11.5. The second kappa shape index (κ2) is 8.76. The average Bonchev–Trinajstić information content (AvgIpc) is 2.89. The van der Waals surface area contributed by atoms with E-state index in [-0.39, 0.29) is 0 Å². The zero-order valence-corrected chi connectivity index (χ0v) is 18.7. The first kappa shape index (κ1) is 20.1. The van der Waals surface area contributed by atoms with E-state index >= 15 is 0 Å². The summed E-state index contributed by atoms with van der Waals surface area (Å²) < 4.78 is 0. The van der Waals surface area contributed by atoms with E-state index in [1.54, 1.807) is 0 Å². The van der Waals surface area contributed by atoms with Crippen molar-refractivity contribution >= 4 is 44.3 Å². The lowest BCUT2D eigenvalue weighted by Crippen LogP contribution is -1.97. The lowest BCUT2D eigenvalue weighted by atomic mass is 10.0. The molecule has 2 nitrogen and oxygen atoms in total. The molecule has 0 aliphatic rings. The zero-order chi connectivity index (χ0) is 22.7. The van der Waals surface area contributed by atoms with Crippen molar-refractivity contribution in [2.45, 2.75) is 0 Å². The van der Waals surface area contributed by atoms with Crippen LogP contribution in [0.25, 0.3) is 32.7 Å². The van der Waals surface area contributed by atoms with Crippen LogP contribution < -0.4 is 10.6 Å². The molecular formula is C32H24N2. The van der Waals surface area contributed by atoms with Crippen LogP contribution in [0.5, 0.6) is 0 Å². The number of benzene rings is 6. The molecule has 0 saturated carbocycles. The Labute approximate surface area is 199 Å². The van der Waals surface area contributed by atoms with Crippen LogP contribution in [0, 0.1) is 0 Å². The van der Waals surface area contributed by atoms with Crippen LogP contribution >= 0.6 is 0 Å². The Balaban J connectivity index is 1.36. The molecule has 0 unspecified atom stereocenters. The number of fused-ring (bicyclic) bond motifs is 2. The molecule has 2 heteroatoms. The third-order valence-electron chi connectivity index (χ3n) is 6.20. The minimum absolute atomic E-state index is 1.07. The third kappa shape index (κ3) is 3.98. The smallest absolute Gasteiger partial charge is 0.0464 e.